The first-order chi connectivity index (χ1) is 13.8. The van der Waals surface area contributed by atoms with E-state index in [2.05, 4.69) is 51.8 Å². The zero-order valence-electron chi connectivity index (χ0n) is 19.3. The maximum absolute atomic E-state index is 13.1. The molecule has 0 bridgehead atoms. The van der Waals surface area contributed by atoms with Gasteiger partial charge < -0.3 is 9.84 Å². The number of carbonyl (C=O) groups is 1. The summed E-state index contributed by atoms with van der Waals surface area (Å²) in [5.41, 5.74) is 2.86. The fraction of sp³-hybridized carbons (Fsp3) is 0.720. The summed E-state index contributed by atoms with van der Waals surface area (Å²) in [5, 5.41) is 11.0. The number of nitrogens with zero attached hydrogens (tertiary/aromatic N) is 1. The van der Waals surface area contributed by atoms with Crippen molar-refractivity contribution in [3.05, 3.63) is 28.8 Å². The van der Waals surface area contributed by atoms with Crippen LogP contribution in [0.15, 0.2) is 12.1 Å². The number of phenolic OH excluding ortho intramolecular Hbond substituents is 1. The largest absolute Gasteiger partial charge is 0.507 e. The zero-order valence-corrected chi connectivity index (χ0v) is 19.3. The van der Waals surface area contributed by atoms with Gasteiger partial charge in [-0.05, 0) is 80.3 Å². The summed E-state index contributed by atoms with van der Waals surface area (Å²) in [4.78, 5) is 15.3. The standard InChI is InChI=1S/C25H41NO3/c1-7-17(4)21-15-19(16-22(24(21)27)18(5)8-2)23(25(28)29-9-3)26(6)20-13-11-10-12-14-20/h15-18,20,23,27H,7-14H2,1-6H3. The molecule has 1 aromatic rings. The molecule has 4 heteroatoms. The van der Waals surface area contributed by atoms with Gasteiger partial charge in [0.15, 0.2) is 0 Å². The van der Waals surface area contributed by atoms with Gasteiger partial charge in [-0.2, -0.15) is 0 Å². The van der Waals surface area contributed by atoms with Crippen molar-refractivity contribution in [1.82, 2.24) is 4.90 Å². The van der Waals surface area contributed by atoms with Gasteiger partial charge in [0.2, 0.25) is 0 Å². The monoisotopic (exact) mass is 403 g/mol. The molecule has 0 amide bonds. The van der Waals surface area contributed by atoms with Crippen molar-refractivity contribution >= 4 is 5.97 Å². The van der Waals surface area contributed by atoms with Gasteiger partial charge >= 0.3 is 5.97 Å². The van der Waals surface area contributed by atoms with Crippen LogP contribution in [-0.2, 0) is 9.53 Å². The molecule has 1 aromatic carbocycles. The van der Waals surface area contributed by atoms with Crippen molar-refractivity contribution in [2.75, 3.05) is 13.7 Å². The maximum Gasteiger partial charge on any atom is 0.327 e. The number of aromatic hydroxyl groups is 1. The molecule has 0 aliphatic heterocycles. The molecule has 1 aliphatic carbocycles. The quantitative estimate of drug-likeness (QED) is 0.492. The van der Waals surface area contributed by atoms with Crippen molar-refractivity contribution in [3.8, 4) is 5.75 Å². The average Bonchev–Trinajstić information content (AvgIpc) is 2.74. The first-order valence-electron chi connectivity index (χ1n) is 11.6. The van der Waals surface area contributed by atoms with Gasteiger partial charge in [-0.15, -0.1) is 0 Å². The number of hydrogen-bond donors (Lipinski definition) is 1. The van der Waals surface area contributed by atoms with Crippen LogP contribution in [0, 0.1) is 0 Å². The Bertz CT molecular complexity index is 635. The normalized spacial score (nSPS) is 18.4. The Morgan fingerprint density at radius 2 is 1.59 bits per heavy atom. The number of rotatable bonds is 9. The zero-order chi connectivity index (χ0) is 21.6. The van der Waals surface area contributed by atoms with Gasteiger partial charge in [0.1, 0.15) is 11.8 Å². The van der Waals surface area contributed by atoms with Crippen LogP contribution in [0.3, 0.4) is 0 Å². The van der Waals surface area contributed by atoms with Crippen LogP contribution in [0.1, 0.15) is 114 Å². The van der Waals surface area contributed by atoms with Crippen molar-refractivity contribution in [2.24, 2.45) is 0 Å². The van der Waals surface area contributed by atoms with Gasteiger partial charge in [-0.25, -0.2) is 4.79 Å². The van der Waals surface area contributed by atoms with Gasteiger partial charge in [-0.1, -0.05) is 47.0 Å². The van der Waals surface area contributed by atoms with E-state index in [0.29, 0.717) is 18.4 Å². The Morgan fingerprint density at radius 1 is 1.07 bits per heavy atom. The number of hydrogen-bond acceptors (Lipinski definition) is 4. The number of carbonyl (C=O) groups excluding carboxylic acids is 1. The molecule has 1 aliphatic rings. The molecule has 1 fully saturated rings. The van der Waals surface area contributed by atoms with Crippen LogP contribution in [0.5, 0.6) is 5.75 Å². The minimum Gasteiger partial charge on any atom is -0.507 e. The molecule has 0 spiro atoms. The first-order valence-corrected chi connectivity index (χ1v) is 11.6. The average molecular weight is 404 g/mol. The SMILES string of the molecule is CCOC(=O)C(c1cc(C(C)CC)c(O)c(C(C)CC)c1)N(C)C1CCCCC1. The fourth-order valence-electron chi connectivity index (χ4n) is 4.51. The third kappa shape index (κ3) is 5.53. The molecule has 4 nitrogen and oxygen atoms in total. The molecule has 0 saturated heterocycles. The third-order valence-corrected chi connectivity index (χ3v) is 6.86. The highest BCUT2D eigenvalue weighted by molar-refractivity contribution is 5.78. The lowest BCUT2D eigenvalue weighted by Crippen LogP contribution is -2.40. The second-order valence-electron chi connectivity index (χ2n) is 8.78. The van der Waals surface area contributed by atoms with Crippen molar-refractivity contribution in [2.45, 2.75) is 103 Å². The lowest BCUT2D eigenvalue weighted by Gasteiger charge is -2.36. The van der Waals surface area contributed by atoms with Crippen LogP contribution in [0.4, 0.5) is 0 Å². The number of benzene rings is 1. The fourth-order valence-corrected chi connectivity index (χ4v) is 4.51. The van der Waals surface area contributed by atoms with E-state index in [1.165, 1.54) is 19.3 Å². The molecule has 0 heterocycles. The number of esters is 1. The predicted molar refractivity (Wildman–Crippen MR) is 120 cm³/mol. The Kier molecular flexibility index (Phi) is 9.01. The molecule has 1 saturated carbocycles. The van der Waals surface area contributed by atoms with Crippen LogP contribution < -0.4 is 0 Å². The Labute approximate surface area is 177 Å². The summed E-state index contributed by atoms with van der Waals surface area (Å²) in [6, 6.07) is 4.07. The molecular formula is C25H41NO3. The minimum absolute atomic E-state index is 0.184. The smallest absolute Gasteiger partial charge is 0.327 e. The van der Waals surface area contributed by atoms with Crippen molar-refractivity contribution < 1.29 is 14.6 Å². The number of ether oxygens (including phenoxy) is 1. The molecule has 2 rings (SSSR count). The van der Waals surface area contributed by atoms with Crippen molar-refractivity contribution in [1.29, 1.82) is 0 Å². The summed E-state index contributed by atoms with van der Waals surface area (Å²) in [6.07, 6.45) is 7.86. The summed E-state index contributed by atoms with van der Waals surface area (Å²) in [6.45, 7) is 10.8. The summed E-state index contributed by atoms with van der Waals surface area (Å²) < 4.78 is 5.51. The minimum atomic E-state index is -0.427. The second kappa shape index (κ2) is 11.0. The van der Waals surface area contributed by atoms with E-state index in [-0.39, 0.29) is 17.8 Å². The van der Waals surface area contributed by atoms with Gasteiger partial charge in [-0.3, -0.25) is 4.90 Å². The molecule has 3 unspecified atom stereocenters. The summed E-state index contributed by atoms with van der Waals surface area (Å²) in [7, 11) is 2.07. The maximum atomic E-state index is 13.1. The van der Waals surface area contributed by atoms with E-state index < -0.39 is 6.04 Å². The van der Waals surface area contributed by atoms with Crippen molar-refractivity contribution in [3.63, 3.8) is 0 Å². The molecular weight excluding hydrogens is 362 g/mol. The lowest BCUT2D eigenvalue weighted by molar-refractivity contribution is -0.150. The van der Waals surface area contributed by atoms with E-state index in [0.717, 1.165) is 42.4 Å². The highest BCUT2D eigenvalue weighted by Crippen LogP contribution is 2.40. The summed E-state index contributed by atoms with van der Waals surface area (Å²) in [5.74, 6) is 0.693. The first kappa shape index (κ1) is 23.7. The van der Waals surface area contributed by atoms with E-state index in [4.69, 9.17) is 4.74 Å². The molecule has 0 aromatic heterocycles. The third-order valence-electron chi connectivity index (χ3n) is 6.86. The van der Waals surface area contributed by atoms with E-state index >= 15 is 0 Å². The van der Waals surface area contributed by atoms with Gasteiger partial charge in [0.05, 0.1) is 6.61 Å². The van der Waals surface area contributed by atoms with Gasteiger partial charge in [0, 0.05) is 6.04 Å². The summed E-state index contributed by atoms with van der Waals surface area (Å²) >= 11 is 0. The van der Waals surface area contributed by atoms with E-state index in [1.54, 1.807) is 0 Å². The predicted octanol–water partition coefficient (Wildman–Crippen LogP) is 6.29. The van der Waals surface area contributed by atoms with Crippen LogP contribution in [-0.4, -0.2) is 35.7 Å². The topological polar surface area (TPSA) is 49.8 Å². The molecule has 1 N–H and O–H groups in total. The molecule has 164 valence electrons. The number of likely N-dealkylation sites (N-methyl/N-ethyl adjacent to an activating group) is 1. The number of phenols is 1. The molecule has 29 heavy (non-hydrogen) atoms. The Hall–Kier alpha value is -1.55. The van der Waals surface area contributed by atoms with Crippen LogP contribution >= 0.6 is 0 Å². The van der Waals surface area contributed by atoms with Crippen LogP contribution in [0.25, 0.3) is 0 Å². The highest BCUT2D eigenvalue weighted by Gasteiger charge is 2.33. The van der Waals surface area contributed by atoms with E-state index in [9.17, 15) is 9.90 Å². The van der Waals surface area contributed by atoms with Gasteiger partial charge in [0.25, 0.3) is 0 Å². The van der Waals surface area contributed by atoms with Crippen LogP contribution in [0.2, 0.25) is 0 Å². The molecule has 0 radical (unpaired) electrons. The Balaban J connectivity index is 2.56. The lowest BCUT2D eigenvalue weighted by atomic mass is 9.85. The highest BCUT2D eigenvalue weighted by atomic mass is 16.5. The van der Waals surface area contributed by atoms with E-state index in [1.807, 2.05) is 6.92 Å². The molecule has 3 atom stereocenters. The second-order valence-corrected chi connectivity index (χ2v) is 8.78. The Morgan fingerprint density at radius 3 is 2.03 bits per heavy atom.